The summed E-state index contributed by atoms with van der Waals surface area (Å²) in [6.45, 7) is 2.47. The predicted molar refractivity (Wildman–Crippen MR) is 103 cm³/mol. The van der Waals surface area contributed by atoms with E-state index in [0.29, 0.717) is 23.7 Å². The number of hydrogen-bond donors (Lipinski definition) is 2. The minimum absolute atomic E-state index is 0.316. The van der Waals surface area contributed by atoms with E-state index < -0.39 is 0 Å². The number of aromatic nitrogens is 2. The second-order valence-electron chi connectivity index (χ2n) is 5.57. The first-order chi connectivity index (χ1) is 13.2. The van der Waals surface area contributed by atoms with Gasteiger partial charge in [-0.15, -0.1) is 0 Å². The van der Waals surface area contributed by atoms with Crippen LogP contribution in [0.5, 0.6) is 11.5 Å². The molecule has 0 aliphatic rings. The largest absolute Gasteiger partial charge is 0.497 e. The molecule has 0 aliphatic heterocycles. The Morgan fingerprint density at radius 1 is 1.22 bits per heavy atom. The number of hydrazone groups is 1. The number of aromatic amines is 1. The number of carbonyl (C=O) groups is 1. The summed E-state index contributed by atoms with van der Waals surface area (Å²) in [5.41, 5.74) is 5.12. The molecule has 7 heteroatoms. The minimum atomic E-state index is -0.382. The van der Waals surface area contributed by atoms with Gasteiger partial charge in [-0.2, -0.15) is 10.2 Å². The van der Waals surface area contributed by atoms with Gasteiger partial charge in [-0.1, -0.05) is 12.1 Å². The Labute approximate surface area is 157 Å². The van der Waals surface area contributed by atoms with Gasteiger partial charge in [0, 0.05) is 11.1 Å². The summed E-state index contributed by atoms with van der Waals surface area (Å²) in [6.07, 6.45) is 1.55. The van der Waals surface area contributed by atoms with Crippen molar-refractivity contribution in [3.8, 4) is 22.8 Å². The second-order valence-corrected chi connectivity index (χ2v) is 5.57. The first-order valence-electron chi connectivity index (χ1n) is 8.46. The average molecular weight is 364 g/mol. The lowest BCUT2D eigenvalue weighted by Gasteiger charge is -2.05. The molecular formula is C20H20N4O3. The molecule has 0 unspecified atom stereocenters. The van der Waals surface area contributed by atoms with Gasteiger partial charge < -0.3 is 9.47 Å². The summed E-state index contributed by atoms with van der Waals surface area (Å²) in [7, 11) is 1.61. The number of benzene rings is 2. The van der Waals surface area contributed by atoms with E-state index in [1.807, 2.05) is 55.5 Å². The van der Waals surface area contributed by atoms with E-state index in [-0.39, 0.29) is 5.91 Å². The van der Waals surface area contributed by atoms with E-state index in [1.165, 1.54) is 0 Å². The van der Waals surface area contributed by atoms with E-state index in [0.717, 1.165) is 16.9 Å². The maximum absolute atomic E-state index is 12.2. The molecule has 1 amide bonds. The predicted octanol–water partition coefficient (Wildman–Crippen LogP) is 3.25. The van der Waals surface area contributed by atoms with Gasteiger partial charge in [-0.3, -0.25) is 9.89 Å². The molecule has 0 aliphatic carbocycles. The fraction of sp³-hybridized carbons (Fsp3) is 0.150. The van der Waals surface area contributed by atoms with Crippen LogP contribution in [0.2, 0.25) is 0 Å². The van der Waals surface area contributed by atoms with Gasteiger partial charge in [0.25, 0.3) is 5.91 Å². The first-order valence-corrected chi connectivity index (χ1v) is 8.46. The third-order valence-electron chi connectivity index (χ3n) is 3.80. The smallest absolute Gasteiger partial charge is 0.289 e. The van der Waals surface area contributed by atoms with Gasteiger partial charge in [-0.25, -0.2) is 5.43 Å². The highest BCUT2D eigenvalue weighted by Crippen LogP contribution is 2.21. The molecule has 0 atom stereocenters. The number of para-hydroxylation sites is 1. The Morgan fingerprint density at radius 2 is 2.00 bits per heavy atom. The fourth-order valence-corrected chi connectivity index (χ4v) is 2.44. The SMILES string of the molecule is CCOc1ccccc1C=NNC(=O)c1cc(-c2ccc(OC)cc2)n[nH]1. The number of rotatable bonds is 7. The van der Waals surface area contributed by atoms with E-state index in [2.05, 4.69) is 20.7 Å². The number of amides is 1. The normalized spacial score (nSPS) is 10.7. The summed E-state index contributed by atoms with van der Waals surface area (Å²) in [6, 6.07) is 16.6. The maximum atomic E-state index is 12.2. The second kappa shape index (κ2) is 8.66. The summed E-state index contributed by atoms with van der Waals surface area (Å²) in [4.78, 5) is 12.2. The molecule has 27 heavy (non-hydrogen) atoms. The van der Waals surface area contributed by atoms with Crippen LogP contribution >= 0.6 is 0 Å². The number of hydrogen-bond acceptors (Lipinski definition) is 5. The van der Waals surface area contributed by atoms with Crippen LogP contribution in [0, 0.1) is 0 Å². The Morgan fingerprint density at radius 3 is 2.74 bits per heavy atom. The van der Waals surface area contributed by atoms with Crippen LogP contribution in [0.25, 0.3) is 11.3 Å². The standard InChI is InChI=1S/C20H20N4O3/c1-3-27-19-7-5-4-6-15(19)13-21-24-20(25)18-12-17(22-23-18)14-8-10-16(26-2)11-9-14/h4-13H,3H2,1-2H3,(H,22,23)(H,24,25). The van der Waals surface area contributed by atoms with Crippen LogP contribution in [-0.2, 0) is 0 Å². The summed E-state index contributed by atoms with van der Waals surface area (Å²) in [5, 5.41) is 10.9. The first kappa shape index (κ1) is 18.2. The fourth-order valence-electron chi connectivity index (χ4n) is 2.44. The van der Waals surface area contributed by atoms with Crippen molar-refractivity contribution in [3.05, 3.63) is 65.9 Å². The number of H-pyrrole nitrogens is 1. The molecule has 1 aromatic heterocycles. The molecule has 0 bridgehead atoms. The quantitative estimate of drug-likeness (QED) is 0.497. The third-order valence-corrected chi connectivity index (χ3v) is 3.80. The number of nitrogens with zero attached hydrogens (tertiary/aromatic N) is 2. The van der Waals surface area contributed by atoms with Crippen molar-refractivity contribution in [1.82, 2.24) is 15.6 Å². The van der Waals surface area contributed by atoms with E-state index in [4.69, 9.17) is 9.47 Å². The van der Waals surface area contributed by atoms with Crippen molar-refractivity contribution in [1.29, 1.82) is 0 Å². The number of methoxy groups -OCH3 is 1. The number of carbonyl (C=O) groups excluding carboxylic acids is 1. The molecule has 7 nitrogen and oxygen atoms in total. The van der Waals surface area contributed by atoms with E-state index >= 15 is 0 Å². The van der Waals surface area contributed by atoms with Gasteiger partial charge in [-0.05, 0) is 49.4 Å². The van der Waals surface area contributed by atoms with Crippen LogP contribution in [0.4, 0.5) is 0 Å². The topological polar surface area (TPSA) is 88.6 Å². The Bertz CT molecular complexity index is 932. The zero-order valence-corrected chi connectivity index (χ0v) is 15.1. The van der Waals surface area contributed by atoms with Crippen LogP contribution in [0.3, 0.4) is 0 Å². The molecule has 0 radical (unpaired) electrons. The average Bonchev–Trinajstić information content (AvgIpc) is 3.20. The Hall–Kier alpha value is -3.61. The van der Waals surface area contributed by atoms with Crippen molar-refractivity contribution in [2.24, 2.45) is 5.10 Å². The number of nitrogens with one attached hydrogen (secondary N) is 2. The van der Waals surface area contributed by atoms with Crippen molar-refractivity contribution in [2.75, 3.05) is 13.7 Å². The lowest BCUT2D eigenvalue weighted by Crippen LogP contribution is -2.18. The maximum Gasteiger partial charge on any atom is 0.289 e. The van der Waals surface area contributed by atoms with Gasteiger partial charge in [0.05, 0.1) is 25.6 Å². The summed E-state index contributed by atoms with van der Waals surface area (Å²) >= 11 is 0. The zero-order valence-electron chi connectivity index (χ0n) is 15.1. The molecule has 1 heterocycles. The molecule has 0 fully saturated rings. The number of ether oxygens (including phenoxy) is 2. The van der Waals surface area contributed by atoms with E-state index in [9.17, 15) is 4.79 Å². The highest BCUT2D eigenvalue weighted by molar-refractivity contribution is 5.94. The monoisotopic (exact) mass is 364 g/mol. The minimum Gasteiger partial charge on any atom is -0.497 e. The molecule has 2 N–H and O–H groups in total. The van der Waals surface area contributed by atoms with Gasteiger partial charge >= 0.3 is 0 Å². The van der Waals surface area contributed by atoms with Crippen LogP contribution in [0.1, 0.15) is 23.0 Å². The van der Waals surface area contributed by atoms with Crippen molar-refractivity contribution in [3.63, 3.8) is 0 Å². The molecule has 138 valence electrons. The zero-order chi connectivity index (χ0) is 19.1. The van der Waals surface area contributed by atoms with Crippen LogP contribution < -0.4 is 14.9 Å². The van der Waals surface area contributed by atoms with Gasteiger partial charge in [0.2, 0.25) is 0 Å². The molecule has 0 saturated carbocycles. The van der Waals surface area contributed by atoms with Crippen molar-refractivity contribution >= 4 is 12.1 Å². The van der Waals surface area contributed by atoms with Gasteiger partial charge in [0.1, 0.15) is 17.2 Å². The Balaban J connectivity index is 1.66. The van der Waals surface area contributed by atoms with Gasteiger partial charge in [0.15, 0.2) is 0 Å². The molecule has 0 saturated heterocycles. The molecular weight excluding hydrogens is 344 g/mol. The van der Waals surface area contributed by atoms with E-state index in [1.54, 1.807) is 19.4 Å². The molecule has 3 rings (SSSR count). The van der Waals surface area contributed by atoms with Crippen molar-refractivity contribution in [2.45, 2.75) is 6.92 Å². The molecule has 3 aromatic rings. The summed E-state index contributed by atoms with van der Waals surface area (Å²) < 4.78 is 10.7. The molecule has 0 spiro atoms. The van der Waals surface area contributed by atoms with Crippen molar-refractivity contribution < 1.29 is 14.3 Å². The van der Waals surface area contributed by atoms with Crippen LogP contribution in [0.15, 0.2) is 59.7 Å². The lowest BCUT2D eigenvalue weighted by atomic mass is 10.1. The van der Waals surface area contributed by atoms with Crippen LogP contribution in [-0.4, -0.2) is 36.0 Å². The third kappa shape index (κ3) is 4.52. The lowest BCUT2D eigenvalue weighted by molar-refractivity contribution is 0.0950. The Kier molecular flexibility index (Phi) is 5.84. The summed E-state index contributed by atoms with van der Waals surface area (Å²) in [5.74, 6) is 1.09. The molecule has 2 aromatic carbocycles. The highest BCUT2D eigenvalue weighted by atomic mass is 16.5. The highest BCUT2D eigenvalue weighted by Gasteiger charge is 2.10.